The molecular weight excluding hydrogens is 288 g/mol. The van der Waals surface area contributed by atoms with E-state index in [0.717, 1.165) is 0 Å². The molecule has 0 aromatic rings. The Bertz CT molecular complexity index is 435. The summed E-state index contributed by atoms with van der Waals surface area (Å²) in [6, 6.07) is 0. The molecule has 0 radical (unpaired) electrons. The summed E-state index contributed by atoms with van der Waals surface area (Å²) in [5.41, 5.74) is 0. The molecule has 0 aromatic heterocycles. The van der Waals surface area contributed by atoms with Gasteiger partial charge in [-0.3, -0.25) is 28.8 Å². The number of carbonyl (C=O) groups is 6. The van der Waals surface area contributed by atoms with Crippen LogP contribution in [0.15, 0.2) is 0 Å². The summed E-state index contributed by atoms with van der Waals surface area (Å²) in [6.45, 7) is 8.44. The number of hydrogen-bond donors (Lipinski definition) is 0. The van der Waals surface area contributed by atoms with Gasteiger partial charge in [0.2, 0.25) is 0 Å². The Labute approximate surface area is 130 Å². The molecule has 2 atom stereocenters. The fourth-order valence-corrected chi connectivity index (χ4v) is 1.39. The van der Waals surface area contributed by atoms with Crippen LogP contribution < -0.4 is 0 Å². The van der Waals surface area contributed by atoms with Gasteiger partial charge in [-0.05, 0) is 41.5 Å². The molecule has 6 heteroatoms. The molecule has 0 aliphatic carbocycles. The maximum Gasteiger partial charge on any atom is 0.153 e. The second kappa shape index (κ2) is 10.7. The van der Waals surface area contributed by atoms with Crippen molar-refractivity contribution in [1.29, 1.82) is 0 Å². The SMILES string of the molecule is CC(=O)C(C)C(=O)C(C)C(C)=O.CC(=O)CC(=O)CC(C)=O. The van der Waals surface area contributed by atoms with E-state index in [1.54, 1.807) is 0 Å². The van der Waals surface area contributed by atoms with Crippen LogP contribution in [0.5, 0.6) is 0 Å². The third-order valence-electron chi connectivity index (χ3n) is 2.97. The van der Waals surface area contributed by atoms with E-state index < -0.39 is 11.8 Å². The van der Waals surface area contributed by atoms with Crippen LogP contribution in [-0.4, -0.2) is 34.7 Å². The Kier molecular flexibility index (Phi) is 10.9. The molecule has 0 aromatic carbocycles. The molecule has 0 saturated heterocycles. The maximum absolute atomic E-state index is 11.3. The van der Waals surface area contributed by atoms with Crippen LogP contribution in [0.2, 0.25) is 0 Å². The first-order valence-corrected chi connectivity index (χ1v) is 6.95. The fraction of sp³-hybridized carbons (Fsp3) is 0.625. The largest absolute Gasteiger partial charge is 0.300 e. The summed E-state index contributed by atoms with van der Waals surface area (Å²) in [6.07, 6.45) is -0.223. The first-order valence-electron chi connectivity index (χ1n) is 6.95. The Hall–Kier alpha value is -1.98. The van der Waals surface area contributed by atoms with Gasteiger partial charge in [0.25, 0.3) is 0 Å². The third-order valence-corrected chi connectivity index (χ3v) is 2.97. The highest BCUT2D eigenvalue weighted by Gasteiger charge is 2.25. The van der Waals surface area contributed by atoms with Crippen molar-refractivity contribution in [2.24, 2.45) is 11.8 Å². The quantitative estimate of drug-likeness (QED) is 0.630. The second-order valence-corrected chi connectivity index (χ2v) is 5.36. The maximum atomic E-state index is 11.3. The van der Waals surface area contributed by atoms with E-state index in [9.17, 15) is 28.8 Å². The average molecular weight is 312 g/mol. The van der Waals surface area contributed by atoms with E-state index >= 15 is 0 Å². The Morgan fingerprint density at radius 3 is 1.09 bits per heavy atom. The zero-order chi connectivity index (χ0) is 18.0. The molecule has 0 amide bonds. The molecule has 0 aliphatic rings. The predicted octanol–water partition coefficient (Wildman–Crippen LogP) is 1.52. The van der Waals surface area contributed by atoms with Crippen LogP contribution in [0.3, 0.4) is 0 Å². The van der Waals surface area contributed by atoms with Crippen LogP contribution in [-0.2, 0) is 28.8 Å². The van der Waals surface area contributed by atoms with Gasteiger partial charge in [0.1, 0.15) is 28.9 Å². The van der Waals surface area contributed by atoms with Crippen molar-refractivity contribution in [2.45, 2.75) is 54.4 Å². The van der Waals surface area contributed by atoms with Crippen molar-refractivity contribution >= 4 is 34.7 Å². The zero-order valence-corrected chi connectivity index (χ0v) is 14.0. The van der Waals surface area contributed by atoms with Crippen molar-refractivity contribution in [2.75, 3.05) is 0 Å². The Morgan fingerprint density at radius 2 is 0.909 bits per heavy atom. The highest BCUT2D eigenvalue weighted by molar-refractivity contribution is 6.10. The van der Waals surface area contributed by atoms with Gasteiger partial charge in [-0.2, -0.15) is 0 Å². The smallest absolute Gasteiger partial charge is 0.153 e. The van der Waals surface area contributed by atoms with Crippen molar-refractivity contribution in [3.05, 3.63) is 0 Å². The minimum atomic E-state index is -0.649. The topological polar surface area (TPSA) is 102 Å². The molecule has 2 unspecified atom stereocenters. The Morgan fingerprint density at radius 1 is 0.636 bits per heavy atom. The lowest BCUT2D eigenvalue weighted by atomic mass is 9.91. The molecule has 22 heavy (non-hydrogen) atoms. The van der Waals surface area contributed by atoms with Crippen LogP contribution >= 0.6 is 0 Å². The van der Waals surface area contributed by atoms with Crippen molar-refractivity contribution in [1.82, 2.24) is 0 Å². The number of ketones is 6. The van der Waals surface area contributed by atoms with Crippen LogP contribution in [0.1, 0.15) is 54.4 Å². The summed E-state index contributed by atoms with van der Waals surface area (Å²) < 4.78 is 0. The minimum Gasteiger partial charge on any atom is -0.300 e. The lowest BCUT2D eigenvalue weighted by Gasteiger charge is -2.10. The van der Waals surface area contributed by atoms with E-state index in [2.05, 4.69) is 0 Å². The molecule has 6 nitrogen and oxygen atoms in total. The molecule has 0 saturated carbocycles. The summed E-state index contributed by atoms with van der Waals surface area (Å²) >= 11 is 0. The summed E-state index contributed by atoms with van der Waals surface area (Å²) in [5.74, 6) is -2.62. The van der Waals surface area contributed by atoms with Gasteiger partial charge in [0, 0.05) is 0 Å². The van der Waals surface area contributed by atoms with E-state index in [1.807, 2.05) is 0 Å². The summed E-state index contributed by atoms with van der Waals surface area (Å²) in [5, 5.41) is 0. The van der Waals surface area contributed by atoms with Gasteiger partial charge in [0.15, 0.2) is 5.78 Å². The van der Waals surface area contributed by atoms with Crippen molar-refractivity contribution in [3.63, 3.8) is 0 Å². The fourth-order valence-electron chi connectivity index (χ4n) is 1.39. The van der Waals surface area contributed by atoms with Gasteiger partial charge in [-0.1, -0.05) is 0 Å². The lowest BCUT2D eigenvalue weighted by molar-refractivity contribution is -0.137. The van der Waals surface area contributed by atoms with E-state index in [1.165, 1.54) is 41.5 Å². The van der Waals surface area contributed by atoms with E-state index in [0.29, 0.717) is 0 Å². The summed E-state index contributed by atoms with van der Waals surface area (Å²) in [4.78, 5) is 64.1. The van der Waals surface area contributed by atoms with Gasteiger partial charge in [-0.25, -0.2) is 0 Å². The number of carbonyl (C=O) groups excluding carboxylic acids is 6. The number of rotatable bonds is 8. The molecule has 0 fully saturated rings. The molecule has 0 N–H and O–H groups in total. The lowest BCUT2D eigenvalue weighted by Crippen LogP contribution is -2.28. The average Bonchev–Trinajstić information content (AvgIpc) is 2.34. The molecular formula is C16H24O6. The third kappa shape index (κ3) is 10.8. The monoisotopic (exact) mass is 312 g/mol. The standard InChI is InChI=1S/C9H14O3.C7H10O3/c1-5(7(3)10)9(12)6(2)8(4)11;1-5(8)3-7(10)4-6(2)9/h5-6H,1-4H3;3-4H2,1-2H3. The van der Waals surface area contributed by atoms with Gasteiger partial charge >= 0.3 is 0 Å². The van der Waals surface area contributed by atoms with Crippen LogP contribution in [0, 0.1) is 11.8 Å². The molecule has 0 spiro atoms. The Balaban J connectivity index is 0. The molecule has 0 aliphatic heterocycles. The normalized spacial score (nSPS) is 12.3. The predicted molar refractivity (Wildman–Crippen MR) is 80.3 cm³/mol. The van der Waals surface area contributed by atoms with Gasteiger partial charge < -0.3 is 0 Å². The first-order chi connectivity index (χ1) is 9.89. The van der Waals surface area contributed by atoms with Crippen LogP contribution in [0.4, 0.5) is 0 Å². The van der Waals surface area contributed by atoms with Gasteiger partial charge in [-0.15, -0.1) is 0 Å². The highest BCUT2D eigenvalue weighted by atomic mass is 16.2. The number of Topliss-reactive ketones (excluding diaryl/α,β-unsaturated/α-hetero) is 6. The van der Waals surface area contributed by atoms with E-state index in [4.69, 9.17) is 0 Å². The zero-order valence-electron chi connectivity index (χ0n) is 14.0. The van der Waals surface area contributed by atoms with Crippen molar-refractivity contribution < 1.29 is 28.8 Å². The van der Waals surface area contributed by atoms with Crippen molar-refractivity contribution in [3.8, 4) is 0 Å². The second-order valence-electron chi connectivity index (χ2n) is 5.36. The van der Waals surface area contributed by atoms with Gasteiger partial charge in [0.05, 0.1) is 24.7 Å². The number of hydrogen-bond acceptors (Lipinski definition) is 6. The molecule has 0 rings (SSSR count). The molecule has 0 heterocycles. The first kappa shape index (κ1) is 22.3. The molecule has 0 bridgehead atoms. The molecule has 124 valence electrons. The summed E-state index contributed by atoms with van der Waals surface area (Å²) in [7, 11) is 0. The minimum absolute atomic E-state index is 0.112. The van der Waals surface area contributed by atoms with E-state index in [-0.39, 0.29) is 47.5 Å². The highest BCUT2D eigenvalue weighted by Crippen LogP contribution is 2.08. The van der Waals surface area contributed by atoms with Crippen LogP contribution in [0.25, 0.3) is 0 Å².